The topological polar surface area (TPSA) is 58.3 Å². The van der Waals surface area contributed by atoms with Gasteiger partial charge in [0, 0.05) is 12.6 Å². The Balaban J connectivity index is 2.03. The smallest absolute Gasteiger partial charge is 0.0460 e. The molecule has 1 saturated carbocycles. The predicted octanol–water partition coefficient (Wildman–Crippen LogP) is -0.779. The molecule has 0 aromatic carbocycles. The maximum atomic E-state index is 8.53. The predicted molar refractivity (Wildman–Crippen MR) is 30.9 cm³/mol. The molecule has 0 saturated heterocycles. The van der Waals surface area contributed by atoms with Crippen LogP contribution in [0.1, 0.15) is 12.8 Å². The average Bonchev–Trinajstić information content (AvgIpc) is 1.65. The van der Waals surface area contributed by atoms with Crippen molar-refractivity contribution in [2.45, 2.75) is 18.9 Å². The molecule has 4 N–H and O–H groups in total. The maximum absolute atomic E-state index is 8.53. The Morgan fingerprint density at radius 2 is 2.25 bits per heavy atom. The van der Waals surface area contributed by atoms with Gasteiger partial charge >= 0.3 is 0 Å². The summed E-state index contributed by atoms with van der Waals surface area (Å²) in [6, 6.07) is 0.465. The minimum Gasteiger partial charge on any atom is -0.396 e. The molecule has 8 heavy (non-hydrogen) atoms. The molecule has 48 valence electrons. The van der Waals surface area contributed by atoms with E-state index in [1.807, 2.05) is 0 Å². The van der Waals surface area contributed by atoms with Crippen LogP contribution in [0.5, 0.6) is 0 Å². The molecule has 3 nitrogen and oxygen atoms in total. The van der Waals surface area contributed by atoms with Gasteiger partial charge in [0.25, 0.3) is 0 Å². The first-order valence-electron chi connectivity index (χ1n) is 2.93. The van der Waals surface area contributed by atoms with E-state index in [1.165, 1.54) is 0 Å². The van der Waals surface area contributed by atoms with Crippen molar-refractivity contribution < 1.29 is 5.11 Å². The highest BCUT2D eigenvalue weighted by atomic mass is 16.3. The molecule has 1 aliphatic rings. The van der Waals surface area contributed by atoms with E-state index in [0.717, 1.165) is 12.8 Å². The first kappa shape index (κ1) is 6.01. The minimum absolute atomic E-state index is 0.318. The molecule has 1 fully saturated rings. The molecule has 1 rings (SSSR count). The third kappa shape index (κ3) is 0.992. The fourth-order valence-electron chi connectivity index (χ4n) is 1.02. The van der Waals surface area contributed by atoms with Crippen LogP contribution in [0.2, 0.25) is 0 Å². The lowest BCUT2D eigenvalue weighted by atomic mass is 9.81. The Hall–Kier alpha value is -0.120. The second-order valence-electron chi connectivity index (χ2n) is 2.38. The fourth-order valence-corrected chi connectivity index (χ4v) is 1.02. The number of nitrogens with two attached hydrogens (primary N) is 1. The first-order valence-corrected chi connectivity index (χ1v) is 2.93. The molecule has 0 atom stereocenters. The lowest BCUT2D eigenvalue weighted by Crippen LogP contribution is -2.45. The number of aliphatic hydroxyl groups is 1. The molecule has 0 unspecified atom stereocenters. The Morgan fingerprint density at radius 3 is 2.62 bits per heavy atom. The molecule has 1 aliphatic carbocycles. The molecule has 0 aromatic heterocycles. The van der Waals surface area contributed by atoms with E-state index in [4.69, 9.17) is 10.9 Å². The SMILES string of the molecule is NNC1CC(CO)C1. The summed E-state index contributed by atoms with van der Waals surface area (Å²) in [7, 11) is 0. The molecule has 3 heteroatoms. The number of hydrogen-bond donors (Lipinski definition) is 3. The lowest BCUT2D eigenvalue weighted by Gasteiger charge is -2.32. The second kappa shape index (κ2) is 2.44. The molecule has 0 amide bonds. The van der Waals surface area contributed by atoms with Crippen LogP contribution >= 0.6 is 0 Å². The molecular weight excluding hydrogens is 104 g/mol. The second-order valence-corrected chi connectivity index (χ2v) is 2.38. The van der Waals surface area contributed by atoms with Gasteiger partial charge in [-0.15, -0.1) is 0 Å². The summed E-state index contributed by atoms with van der Waals surface area (Å²) in [5.74, 6) is 5.63. The van der Waals surface area contributed by atoms with Crippen molar-refractivity contribution in [2.75, 3.05) is 6.61 Å². The van der Waals surface area contributed by atoms with Crippen LogP contribution in [0.3, 0.4) is 0 Å². The van der Waals surface area contributed by atoms with Gasteiger partial charge in [0.05, 0.1) is 0 Å². The molecule has 0 aromatic rings. The van der Waals surface area contributed by atoms with Gasteiger partial charge in [0.2, 0.25) is 0 Å². The summed E-state index contributed by atoms with van der Waals surface area (Å²) in [4.78, 5) is 0. The highest BCUT2D eigenvalue weighted by Crippen LogP contribution is 2.25. The minimum atomic E-state index is 0.318. The van der Waals surface area contributed by atoms with Crippen LogP contribution in [0.25, 0.3) is 0 Å². The van der Waals surface area contributed by atoms with Crippen molar-refractivity contribution in [1.29, 1.82) is 0 Å². The van der Waals surface area contributed by atoms with Gasteiger partial charge in [0.1, 0.15) is 0 Å². The van der Waals surface area contributed by atoms with Gasteiger partial charge in [-0.2, -0.15) is 0 Å². The maximum Gasteiger partial charge on any atom is 0.0460 e. The van der Waals surface area contributed by atoms with Crippen LogP contribution in [0, 0.1) is 5.92 Å². The quantitative estimate of drug-likeness (QED) is 0.327. The average molecular weight is 116 g/mol. The first-order chi connectivity index (χ1) is 3.86. The van der Waals surface area contributed by atoms with Gasteiger partial charge in [0.15, 0.2) is 0 Å². The van der Waals surface area contributed by atoms with E-state index in [9.17, 15) is 0 Å². The van der Waals surface area contributed by atoms with Crippen molar-refractivity contribution in [3.05, 3.63) is 0 Å². The summed E-state index contributed by atoms with van der Waals surface area (Å²) in [5, 5.41) is 8.53. The summed E-state index contributed by atoms with van der Waals surface area (Å²) >= 11 is 0. The zero-order valence-electron chi connectivity index (χ0n) is 4.80. The summed E-state index contributed by atoms with van der Waals surface area (Å²) in [6.07, 6.45) is 2.07. The van der Waals surface area contributed by atoms with Crippen molar-refractivity contribution in [3.8, 4) is 0 Å². The van der Waals surface area contributed by atoms with E-state index < -0.39 is 0 Å². The Labute approximate surface area is 48.8 Å². The number of rotatable bonds is 2. The standard InChI is InChI=1S/C5H12N2O/c6-7-5-1-4(2-5)3-8/h4-5,7-8H,1-3,6H2. The highest BCUT2D eigenvalue weighted by molar-refractivity contribution is 4.82. The normalized spacial score (nSPS) is 36.8. The molecular formula is C5H12N2O. The monoisotopic (exact) mass is 116 g/mol. The molecule has 0 spiro atoms. The van der Waals surface area contributed by atoms with Crippen LogP contribution in [0.4, 0.5) is 0 Å². The van der Waals surface area contributed by atoms with Crippen molar-refractivity contribution in [2.24, 2.45) is 11.8 Å². The zero-order chi connectivity index (χ0) is 5.98. The van der Waals surface area contributed by atoms with E-state index in [1.54, 1.807) is 0 Å². The Morgan fingerprint density at radius 1 is 1.62 bits per heavy atom. The van der Waals surface area contributed by atoms with E-state index in [0.29, 0.717) is 18.6 Å². The Kier molecular flexibility index (Phi) is 1.83. The zero-order valence-corrected chi connectivity index (χ0v) is 4.80. The summed E-state index contributed by atoms with van der Waals surface area (Å²) < 4.78 is 0. The van der Waals surface area contributed by atoms with Gasteiger partial charge in [-0.05, 0) is 18.8 Å². The van der Waals surface area contributed by atoms with Crippen molar-refractivity contribution in [1.82, 2.24) is 5.43 Å². The largest absolute Gasteiger partial charge is 0.396 e. The van der Waals surface area contributed by atoms with E-state index in [-0.39, 0.29) is 0 Å². The number of nitrogens with one attached hydrogen (secondary N) is 1. The van der Waals surface area contributed by atoms with Crippen LogP contribution in [-0.2, 0) is 0 Å². The van der Waals surface area contributed by atoms with E-state index >= 15 is 0 Å². The van der Waals surface area contributed by atoms with Crippen molar-refractivity contribution >= 4 is 0 Å². The Bertz CT molecular complexity index is 62.8. The highest BCUT2D eigenvalue weighted by Gasteiger charge is 2.26. The van der Waals surface area contributed by atoms with Crippen LogP contribution in [-0.4, -0.2) is 17.8 Å². The van der Waals surface area contributed by atoms with Crippen LogP contribution in [0.15, 0.2) is 0 Å². The van der Waals surface area contributed by atoms with Gasteiger partial charge in [-0.3, -0.25) is 11.3 Å². The van der Waals surface area contributed by atoms with Gasteiger partial charge < -0.3 is 5.11 Å². The third-order valence-corrected chi connectivity index (χ3v) is 1.73. The molecule has 0 aliphatic heterocycles. The summed E-state index contributed by atoms with van der Waals surface area (Å²) in [6.45, 7) is 0.318. The number of hydrazine groups is 1. The third-order valence-electron chi connectivity index (χ3n) is 1.73. The van der Waals surface area contributed by atoms with Crippen molar-refractivity contribution in [3.63, 3.8) is 0 Å². The van der Waals surface area contributed by atoms with Gasteiger partial charge in [-0.1, -0.05) is 0 Å². The lowest BCUT2D eigenvalue weighted by molar-refractivity contribution is 0.127. The van der Waals surface area contributed by atoms with Gasteiger partial charge in [-0.25, -0.2) is 0 Å². The number of hydrogen-bond acceptors (Lipinski definition) is 3. The summed E-state index contributed by atoms with van der Waals surface area (Å²) in [5.41, 5.74) is 2.65. The van der Waals surface area contributed by atoms with Crippen LogP contribution < -0.4 is 11.3 Å². The fraction of sp³-hybridized carbons (Fsp3) is 1.00. The van der Waals surface area contributed by atoms with E-state index in [2.05, 4.69) is 5.43 Å². The number of aliphatic hydroxyl groups excluding tert-OH is 1. The molecule has 0 bridgehead atoms. The molecule has 0 radical (unpaired) electrons. The molecule has 0 heterocycles.